The largest absolute Gasteiger partial charge is 0.468 e. The number of nitrogens with one attached hydrogen (secondary N) is 1. The van der Waals surface area contributed by atoms with Gasteiger partial charge in [-0.05, 0) is 30.2 Å². The van der Waals surface area contributed by atoms with Crippen LogP contribution < -0.4 is 5.32 Å². The Hall–Kier alpha value is -1.35. The first-order valence-electron chi connectivity index (χ1n) is 7.83. The van der Waals surface area contributed by atoms with E-state index in [1.807, 2.05) is 19.9 Å². The van der Waals surface area contributed by atoms with Crippen LogP contribution >= 0.6 is 0 Å². The van der Waals surface area contributed by atoms with Gasteiger partial charge in [-0.1, -0.05) is 58.0 Å². The van der Waals surface area contributed by atoms with Crippen LogP contribution in [0.1, 0.15) is 39.7 Å². The zero-order valence-corrected chi connectivity index (χ0v) is 13.9. The summed E-state index contributed by atoms with van der Waals surface area (Å²) in [4.78, 5) is 11.9. The molecule has 3 heteroatoms. The molecule has 0 heterocycles. The summed E-state index contributed by atoms with van der Waals surface area (Å²) in [5.74, 6) is 0.519. The summed E-state index contributed by atoms with van der Waals surface area (Å²) < 4.78 is 4.92. The fraction of sp³-hybridized carbons (Fsp3) is 0.611. The van der Waals surface area contributed by atoms with E-state index in [4.69, 9.17) is 4.74 Å². The molecule has 1 rings (SSSR count). The second-order valence-corrected chi connectivity index (χ2v) is 6.29. The van der Waals surface area contributed by atoms with Crippen molar-refractivity contribution in [3.05, 3.63) is 35.9 Å². The number of aryl methyl sites for hydroxylation is 1. The molecule has 3 nitrogen and oxygen atoms in total. The van der Waals surface area contributed by atoms with Crippen molar-refractivity contribution < 1.29 is 9.53 Å². The minimum absolute atomic E-state index is 0.171. The number of benzene rings is 1. The van der Waals surface area contributed by atoms with Crippen molar-refractivity contribution in [2.45, 2.75) is 52.6 Å². The minimum atomic E-state index is -0.238. The van der Waals surface area contributed by atoms with E-state index < -0.39 is 0 Å². The quantitative estimate of drug-likeness (QED) is 0.746. The molecule has 2 atom stereocenters. The Morgan fingerprint density at radius 1 is 1.10 bits per heavy atom. The fourth-order valence-electron chi connectivity index (χ4n) is 2.47. The molecule has 1 aromatic carbocycles. The van der Waals surface area contributed by atoms with Crippen LogP contribution in [0.4, 0.5) is 0 Å². The molecule has 0 spiro atoms. The summed E-state index contributed by atoms with van der Waals surface area (Å²) >= 11 is 0. The van der Waals surface area contributed by atoms with E-state index >= 15 is 0 Å². The van der Waals surface area contributed by atoms with Crippen LogP contribution in [-0.4, -0.2) is 25.2 Å². The van der Waals surface area contributed by atoms with E-state index in [2.05, 4.69) is 43.4 Å². The first kappa shape index (κ1) is 17.7. The lowest BCUT2D eigenvalue weighted by molar-refractivity contribution is -0.144. The maximum absolute atomic E-state index is 11.9. The van der Waals surface area contributed by atoms with Crippen molar-refractivity contribution in [2.24, 2.45) is 11.8 Å². The van der Waals surface area contributed by atoms with Gasteiger partial charge in [-0.2, -0.15) is 0 Å². The first-order valence-corrected chi connectivity index (χ1v) is 7.83. The van der Waals surface area contributed by atoms with Gasteiger partial charge in [-0.25, -0.2) is 0 Å². The van der Waals surface area contributed by atoms with Crippen LogP contribution in [0, 0.1) is 11.8 Å². The predicted molar refractivity (Wildman–Crippen MR) is 87.2 cm³/mol. The molecule has 118 valence electrons. The Morgan fingerprint density at radius 2 is 1.71 bits per heavy atom. The number of ether oxygens (including phenoxy) is 1. The number of methoxy groups -OCH3 is 1. The number of carbonyl (C=O) groups is 1. The number of hydrogen-bond acceptors (Lipinski definition) is 3. The van der Waals surface area contributed by atoms with Crippen molar-refractivity contribution >= 4 is 5.97 Å². The van der Waals surface area contributed by atoms with Gasteiger partial charge in [-0.3, -0.25) is 4.79 Å². The average molecular weight is 291 g/mol. The Bertz CT molecular complexity index is 414. The predicted octanol–water partition coefficient (Wildman–Crippen LogP) is 3.43. The molecular formula is C18H29NO2. The van der Waals surface area contributed by atoms with Crippen molar-refractivity contribution in [3.8, 4) is 0 Å². The summed E-state index contributed by atoms with van der Waals surface area (Å²) in [7, 11) is 1.45. The van der Waals surface area contributed by atoms with Gasteiger partial charge < -0.3 is 10.1 Å². The molecule has 0 radical (unpaired) electrons. The standard InChI is InChI=1S/C18H29NO2/c1-13(2)16(12-11-15-9-7-6-8-10-15)19-17(14(3)4)18(20)21-5/h6-10,13-14,16-17,19H,11-12H2,1-5H3/t16-,17+/m1/s1. The Kier molecular flexibility index (Phi) is 7.44. The van der Waals surface area contributed by atoms with Gasteiger partial charge in [0.2, 0.25) is 0 Å². The summed E-state index contributed by atoms with van der Waals surface area (Å²) in [5.41, 5.74) is 1.34. The number of hydrogen-bond donors (Lipinski definition) is 1. The van der Waals surface area contributed by atoms with Crippen LogP contribution in [0.2, 0.25) is 0 Å². The second-order valence-electron chi connectivity index (χ2n) is 6.29. The summed E-state index contributed by atoms with van der Waals surface area (Å²) in [6, 6.07) is 10.5. The average Bonchev–Trinajstić information content (AvgIpc) is 2.47. The molecule has 0 saturated carbocycles. The van der Waals surface area contributed by atoms with E-state index in [9.17, 15) is 4.79 Å². The van der Waals surface area contributed by atoms with E-state index in [-0.39, 0.29) is 17.9 Å². The van der Waals surface area contributed by atoms with Crippen LogP contribution in [0.15, 0.2) is 30.3 Å². The maximum atomic E-state index is 11.9. The van der Waals surface area contributed by atoms with Crippen molar-refractivity contribution in [1.82, 2.24) is 5.32 Å². The highest BCUT2D eigenvalue weighted by Crippen LogP contribution is 2.14. The van der Waals surface area contributed by atoms with Crippen molar-refractivity contribution in [1.29, 1.82) is 0 Å². The minimum Gasteiger partial charge on any atom is -0.468 e. The monoisotopic (exact) mass is 291 g/mol. The topological polar surface area (TPSA) is 38.3 Å². The molecule has 0 unspecified atom stereocenters. The number of rotatable bonds is 8. The molecule has 0 bridgehead atoms. The summed E-state index contributed by atoms with van der Waals surface area (Å²) in [6.45, 7) is 8.47. The van der Waals surface area contributed by atoms with Crippen LogP contribution in [0.3, 0.4) is 0 Å². The highest BCUT2D eigenvalue weighted by molar-refractivity contribution is 5.75. The Labute approximate surface area is 129 Å². The number of carbonyl (C=O) groups excluding carboxylic acids is 1. The van der Waals surface area contributed by atoms with E-state index in [0.717, 1.165) is 12.8 Å². The van der Waals surface area contributed by atoms with Gasteiger partial charge in [0.25, 0.3) is 0 Å². The molecule has 0 aromatic heterocycles. The molecule has 0 aliphatic rings. The highest BCUT2D eigenvalue weighted by Gasteiger charge is 2.26. The third-order valence-electron chi connectivity index (χ3n) is 3.91. The normalized spacial score (nSPS) is 14.2. The van der Waals surface area contributed by atoms with Crippen LogP contribution in [0.25, 0.3) is 0 Å². The van der Waals surface area contributed by atoms with E-state index in [1.165, 1.54) is 12.7 Å². The lowest BCUT2D eigenvalue weighted by Gasteiger charge is -2.29. The molecule has 1 aromatic rings. The van der Waals surface area contributed by atoms with Crippen LogP contribution in [0.5, 0.6) is 0 Å². The molecule has 0 aliphatic heterocycles. The summed E-state index contributed by atoms with van der Waals surface area (Å²) in [5, 5.41) is 3.50. The van der Waals surface area contributed by atoms with Gasteiger partial charge in [0.1, 0.15) is 6.04 Å². The lowest BCUT2D eigenvalue weighted by atomic mass is 9.94. The third kappa shape index (κ3) is 5.88. The van der Waals surface area contributed by atoms with Gasteiger partial charge in [0, 0.05) is 6.04 Å². The summed E-state index contributed by atoms with van der Waals surface area (Å²) in [6.07, 6.45) is 2.03. The van der Waals surface area contributed by atoms with Gasteiger partial charge in [0.15, 0.2) is 0 Å². The Balaban J connectivity index is 2.66. The molecule has 0 fully saturated rings. The lowest BCUT2D eigenvalue weighted by Crippen LogP contribution is -2.49. The zero-order valence-electron chi connectivity index (χ0n) is 13.9. The van der Waals surface area contributed by atoms with Crippen LogP contribution in [-0.2, 0) is 16.0 Å². The molecule has 0 amide bonds. The van der Waals surface area contributed by atoms with Crippen molar-refractivity contribution in [3.63, 3.8) is 0 Å². The fourth-order valence-corrected chi connectivity index (χ4v) is 2.47. The van der Waals surface area contributed by atoms with E-state index in [1.54, 1.807) is 0 Å². The molecule has 0 aliphatic carbocycles. The smallest absolute Gasteiger partial charge is 0.323 e. The SMILES string of the molecule is COC(=O)[C@@H](N[C@H](CCc1ccccc1)C(C)C)C(C)C. The number of esters is 1. The second kappa shape index (κ2) is 8.83. The molecule has 1 N–H and O–H groups in total. The van der Waals surface area contributed by atoms with Gasteiger partial charge in [-0.15, -0.1) is 0 Å². The molecule has 0 saturated heterocycles. The van der Waals surface area contributed by atoms with Gasteiger partial charge in [0.05, 0.1) is 7.11 Å². The molecule has 21 heavy (non-hydrogen) atoms. The zero-order chi connectivity index (χ0) is 15.8. The van der Waals surface area contributed by atoms with E-state index in [0.29, 0.717) is 12.0 Å². The van der Waals surface area contributed by atoms with Crippen molar-refractivity contribution in [2.75, 3.05) is 7.11 Å². The molecular weight excluding hydrogens is 262 g/mol. The Morgan fingerprint density at radius 3 is 2.19 bits per heavy atom. The first-order chi connectivity index (χ1) is 9.95. The maximum Gasteiger partial charge on any atom is 0.323 e. The third-order valence-corrected chi connectivity index (χ3v) is 3.91. The van der Waals surface area contributed by atoms with Gasteiger partial charge >= 0.3 is 5.97 Å². The highest BCUT2D eigenvalue weighted by atomic mass is 16.5.